The maximum atomic E-state index is 12.7. The monoisotopic (exact) mass is 346 g/mol. The van der Waals surface area contributed by atoms with E-state index in [2.05, 4.69) is 5.10 Å². The van der Waals surface area contributed by atoms with E-state index in [9.17, 15) is 20.0 Å². The molecule has 1 aliphatic heterocycles. The van der Waals surface area contributed by atoms with Crippen molar-refractivity contribution in [1.29, 1.82) is 0 Å². The van der Waals surface area contributed by atoms with E-state index in [1.165, 1.54) is 18.2 Å². The van der Waals surface area contributed by atoms with Gasteiger partial charge in [-0.05, 0) is 25.0 Å². The van der Waals surface area contributed by atoms with Gasteiger partial charge in [-0.25, -0.2) is 0 Å². The molecule has 25 heavy (non-hydrogen) atoms. The third-order valence-corrected chi connectivity index (χ3v) is 4.09. The number of nitrogens with zero attached hydrogens (tertiary/aromatic N) is 4. The maximum absolute atomic E-state index is 12.7. The molecule has 0 spiro atoms. The number of hydrogen-bond donors (Lipinski definition) is 1. The molecule has 9 nitrogen and oxygen atoms in total. The maximum Gasteiger partial charge on any atom is 0.275 e. The number of carbonyl (C=O) groups is 1. The van der Waals surface area contributed by atoms with E-state index in [1.54, 1.807) is 29.0 Å². The molecule has 0 saturated carbocycles. The van der Waals surface area contributed by atoms with E-state index in [1.807, 2.05) is 0 Å². The molecule has 0 radical (unpaired) electrons. The summed E-state index contributed by atoms with van der Waals surface area (Å²) in [6, 6.07) is 4.11. The molecule has 1 fully saturated rings. The molecule has 1 amide bonds. The number of benzene rings is 1. The first-order valence-electron chi connectivity index (χ1n) is 7.84. The van der Waals surface area contributed by atoms with E-state index >= 15 is 0 Å². The summed E-state index contributed by atoms with van der Waals surface area (Å²) in [7, 11) is 1.78. The molecule has 0 bridgehead atoms. The molecular formula is C16H18N4O5. The number of nitro groups is 1. The number of anilines is 1. The lowest BCUT2D eigenvalue weighted by Crippen LogP contribution is -2.46. The van der Waals surface area contributed by atoms with E-state index < -0.39 is 17.6 Å². The Balaban J connectivity index is 1.78. The minimum atomic E-state index is -0.679. The van der Waals surface area contributed by atoms with Gasteiger partial charge in [0.15, 0.2) is 6.10 Å². The first-order chi connectivity index (χ1) is 12.0. The molecular weight excluding hydrogens is 328 g/mol. The van der Waals surface area contributed by atoms with Crippen LogP contribution < -0.4 is 9.64 Å². The Labute approximate surface area is 143 Å². The second-order valence-electron chi connectivity index (χ2n) is 5.82. The Morgan fingerprint density at radius 1 is 1.48 bits per heavy atom. The van der Waals surface area contributed by atoms with Crippen LogP contribution in [0.15, 0.2) is 30.6 Å². The number of amides is 1. The predicted octanol–water partition coefficient (Wildman–Crippen LogP) is 1.39. The average Bonchev–Trinajstić information content (AvgIpc) is 3.02. The molecule has 1 aliphatic rings. The van der Waals surface area contributed by atoms with Crippen LogP contribution in [0.4, 0.5) is 11.4 Å². The second-order valence-corrected chi connectivity index (χ2v) is 5.82. The van der Waals surface area contributed by atoms with Crippen molar-refractivity contribution < 1.29 is 19.6 Å². The number of piperidine rings is 1. The van der Waals surface area contributed by atoms with Gasteiger partial charge in [-0.15, -0.1) is 0 Å². The van der Waals surface area contributed by atoms with Crippen LogP contribution in [0.2, 0.25) is 0 Å². The largest absolute Gasteiger partial charge is 0.481 e. The number of aliphatic hydroxyl groups excluding tert-OH is 1. The highest BCUT2D eigenvalue weighted by atomic mass is 16.6. The van der Waals surface area contributed by atoms with Crippen molar-refractivity contribution in [2.24, 2.45) is 7.05 Å². The smallest absolute Gasteiger partial charge is 0.275 e. The lowest BCUT2D eigenvalue weighted by molar-refractivity contribution is -0.385. The van der Waals surface area contributed by atoms with E-state index in [0.29, 0.717) is 24.4 Å². The van der Waals surface area contributed by atoms with Gasteiger partial charge in [-0.1, -0.05) is 0 Å². The van der Waals surface area contributed by atoms with E-state index in [-0.39, 0.29) is 17.2 Å². The predicted molar refractivity (Wildman–Crippen MR) is 88.2 cm³/mol. The number of aromatic nitrogens is 2. The van der Waals surface area contributed by atoms with Gasteiger partial charge in [0.2, 0.25) is 0 Å². The molecule has 1 atom stereocenters. The van der Waals surface area contributed by atoms with Gasteiger partial charge in [0, 0.05) is 25.9 Å². The standard InChI is InChI=1S/C16H18N4O5/c1-18-9-12(8-17-18)19-6-2-3-15(16(19)22)25-13-4-5-14(20(23)24)11(7-13)10-21/h4-5,7-9,15,21H,2-3,6,10H2,1H3. The number of hydrogen-bond acceptors (Lipinski definition) is 6. The van der Waals surface area contributed by atoms with E-state index in [4.69, 9.17) is 4.74 Å². The fraction of sp³-hybridized carbons (Fsp3) is 0.375. The summed E-state index contributed by atoms with van der Waals surface area (Å²) >= 11 is 0. The number of nitro benzene ring substituents is 1. The Kier molecular flexibility index (Phi) is 4.66. The first kappa shape index (κ1) is 16.9. The third-order valence-electron chi connectivity index (χ3n) is 4.09. The fourth-order valence-corrected chi connectivity index (χ4v) is 2.86. The first-order valence-corrected chi connectivity index (χ1v) is 7.84. The van der Waals surface area contributed by atoms with Gasteiger partial charge in [-0.3, -0.25) is 19.6 Å². The van der Waals surface area contributed by atoms with Crippen molar-refractivity contribution in [2.75, 3.05) is 11.4 Å². The Morgan fingerprint density at radius 2 is 2.28 bits per heavy atom. The summed E-state index contributed by atoms with van der Waals surface area (Å²) in [5.74, 6) is 0.143. The molecule has 1 N–H and O–H groups in total. The molecule has 2 heterocycles. The van der Waals surface area contributed by atoms with Crippen molar-refractivity contribution in [2.45, 2.75) is 25.6 Å². The van der Waals surface area contributed by atoms with E-state index in [0.717, 1.165) is 6.42 Å². The van der Waals surface area contributed by atoms with Crippen LogP contribution >= 0.6 is 0 Å². The minimum absolute atomic E-state index is 0.148. The Hall–Kier alpha value is -2.94. The zero-order valence-electron chi connectivity index (χ0n) is 13.7. The second kappa shape index (κ2) is 6.89. The molecule has 1 saturated heterocycles. The normalized spacial score (nSPS) is 17.6. The van der Waals surface area contributed by atoms with Crippen molar-refractivity contribution in [3.8, 4) is 5.75 Å². The van der Waals surface area contributed by atoms with Gasteiger partial charge >= 0.3 is 0 Å². The molecule has 3 rings (SSSR count). The van der Waals surface area contributed by atoms with Crippen molar-refractivity contribution in [1.82, 2.24) is 9.78 Å². The summed E-state index contributed by atoms with van der Waals surface area (Å²) in [5.41, 5.74) is 0.678. The molecule has 1 unspecified atom stereocenters. The Morgan fingerprint density at radius 3 is 2.92 bits per heavy atom. The summed E-state index contributed by atoms with van der Waals surface area (Å²) in [5, 5.41) is 24.3. The molecule has 1 aromatic heterocycles. The highest BCUT2D eigenvalue weighted by Gasteiger charge is 2.32. The summed E-state index contributed by atoms with van der Waals surface area (Å²) < 4.78 is 7.37. The van der Waals surface area contributed by atoms with Crippen molar-refractivity contribution >= 4 is 17.3 Å². The third kappa shape index (κ3) is 3.45. The van der Waals surface area contributed by atoms with Crippen molar-refractivity contribution in [3.05, 3.63) is 46.3 Å². The van der Waals surface area contributed by atoms with Gasteiger partial charge in [0.1, 0.15) is 5.75 Å². The SMILES string of the molecule is Cn1cc(N2CCCC(Oc3ccc([N+](=O)[O-])c(CO)c3)C2=O)cn1. The van der Waals surface area contributed by atoms with Crippen LogP contribution in [0.5, 0.6) is 5.75 Å². The topological polar surface area (TPSA) is 111 Å². The van der Waals surface area contributed by atoms with Gasteiger partial charge in [0.25, 0.3) is 11.6 Å². The number of ether oxygens (including phenoxy) is 1. The summed E-state index contributed by atoms with van der Waals surface area (Å²) in [4.78, 5) is 24.7. The zero-order chi connectivity index (χ0) is 18.0. The molecule has 1 aromatic carbocycles. The van der Waals surface area contributed by atoms with Gasteiger partial charge in [0.05, 0.1) is 29.0 Å². The molecule has 2 aromatic rings. The van der Waals surface area contributed by atoms with Crippen LogP contribution in [0.25, 0.3) is 0 Å². The summed E-state index contributed by atoms with van der Waals surface area (Å²) in [6.07, 6.45) is 4.03. The lowest BCUT2D eigenvalue weighted by atomic mass is 10.1. The highest BCUT2D eigenvalue weighted by molar-refractivity contribution is 5.97. The summed E-state index contributed by atoms with van der Waals surface area (Å²) in [6.45, 7) is 0.112. The molecule has 0 aliphatic carbocycles. The Bertz CT molecular complexity index is 804. The fourth-order valence-electron chi connectivity index (χ4n) is 2.86. The quantitative estimate of drug-likeness (QED) is 0.647. The van der Waals surface area contributed by atoms with Crippen molar-refractivity contribution in [3.63, 3.8) is 0 Å². The average molecular weight is 346 g/mol. The van der Waals surface area contributed by atoms with Crippen LogP contribution in [0.3, 0.4) is 0 Å². The van der Waals surface area contributed by atoms with Gasteiger partial charge in [-0.2, -0.15) is 5.10 Å². The number of rotatable bonds is 5. The molecule has 132 valence electrons. The zero-order valence-corrected chi connectivity index (χ0v) is 13.7. The lowest BCUT2D eigenvalue weighted by Gasteiger charge is -2.31. The van der Waals surface area contributed by atoms with Crippen LogP contribution in [0, 0.1) is 10.1 Å². The molecule has 9 heteroatoms. The minimum Gasteiger partial charge on any atom is -0.481 e. The van der Waals surface area contributed by atoms with Crippen LogP contribution in [-0.4, -0.2) is 38.4 Å². The number of aliphatic hydroxyl groups is 1. The highest BCUT2D eigenvalue weighted by Crippen LogP contribution is 2.27. The van der Waals surface area contributed by atoms with Gasteiger partial charge < -0.3 is 14.7 Å². The van der Waals surface area contributed by atoms with Crippen LogP contribution in [-0.2, 0) is 18.4 Å². The number of aryl methyl sites for hydroxylation is 1. The number of carbonyl (C=O) groups excluding carboxylic acids is 1. The van der Waals surface area contributed by atoms with Crippen LogP contribution in [0.1, 0.15) is 18.4 Å².